The lowest BCUT2D eigenvalue weighted by Crippen LogP contribution is -2.33. The molecule has 0 radical (unpaired) electrons. The fourth-order valence-electron chi connectivity index (χ4n) is 3.51. The highest BCUT2D eigenvalue weighted by Gasteiger charge is 2.25. The van der Waals surface area contributed by atoms with Crippen molar-refractivity contribution in [2.24, 2.45) is 5.92 Å². The first-order chi connectivity index (χ1) is 11.1. The summed E-state index contributed by atoms with van der Waals surface area (Å²) in [6.45, 7) is 3.57. The molecule has 1 aliphatic carbocycles. The molecule has 23 heavy (non-hydrogen) atoms. The van der Waals surface area contributed by atoms with Crippen LogP contribution in [-0.2, 0) is 6.54 Å². The summed E-state index contributed by atoms with van der Waals surface area (Å²) < 4.78 is 2.03. The van der Waals surface area contributed by atoms with Gasteiger partial charge in [-0.2, -0.15) is 0 Å². The number of aliphatic hydroxyl groups is 2. The fraction of sp³-hybridized carbons (Fsp3) is 0.706. The zero-order valence-corrected chi connectivity index (χ0v) is 13.8. The van der Waals surface area contributed by atoms with Crippen LogP contribution >= 0.6 is 0 Å². The van der Waals surface area contributed by atoms with Crippen LogP contribution in [-0.4, -0.2) is 51.1 Å². The number of aliphatic hydroxyl groups excluding tert-OH is 2. The van der Waals surface area contributed by atoms with E-state index < -0.39 is 0 Å². The van der Waals surface area contributed by atoms with Gasteiger partial charge >= 0.3 is 0 Å². The molecule has 1 heterocycles. The van der Waals surface area contributed by atoms with Crippen LogP contribution in [0.15, 0.2) is 17.1 Å². The van der Waals surface area contributed by atoms with Crippen molar-refractivity contribution in [2.45, 2.75) is 45.2 Å². The van der Waals surface area contributed by atoms with E-state index in [1.54, 1.807) is 6.20 Å². The molecule has 130 valence electrons. The Kier molecular flexibility index (Phi) is 6.62. The van der Waals surface area contributed by atoms with Gasteiger partial charge in [0.15, 0.2) is 5.75 Å². The van der Waals surface area contributed by atoms with Crippen LogP contribution in [0, 0.1) is 5.92 Å². The van der Waals surface area contributed by atoms with E-state index >= 15 is 0 Å². The van der Waals surface area contributed by atoms with E-state index in [9.17, 15) is 9.90 Å². The molecule has 1 aromatic rings. The van der Waals surface area contributed by atoms with Gasteiger partial charge in [-0.3, -0.25) is 9.69 Å². The van der Waals surface area contributed by atoms with Gasteiger partial charge in [0.05, 0.1) is 19.4 Å². The second kappa shape index (κ2) is 8.47. The van der Waals surface area contributed by atoms with Gasteiger partial charge < -0.3 is 19.9 Å². The number of rotatable bonds is 7. The predicted octanol–water partition coefficient (Wildman–Crippen LogP) is 1.09. The van der Waals surface area contributed by atoms with Gasteiger partial charge in [-0.1, -0.05) is 19.8 Å². The minimum atomic E-state index is -0.382. The smallest absolute Gasteiger partial charge is 0.223 e. The van der Waals surface area contributed by atoms with Gasteiger partial charge in [-0.05, 0) is 18.8 Å². The van der Waals surface area contributed by atoms with Crippen molar-refractivity contribution in [1.82, 2.24) is 9.47 Å². The molecule has 6 heteroatoms. The van der Waals surface area contributed by atoms with Crippen molar-refractivity contribution in [3.8, 4) is 5.75 Å². The third-order valence-corrected chi connectivity index (χ3v) is 4.78. The molecule has 0 bridgehead atoms. The van der Waals surface area contributed by atoms with Crippen molar-refractivity contribution in [3.63, 3.8) is 0 Å². The minimum absolute atomic E-state index is 0.00213. The second-order valence-corrected chi connectivity index (χ2v) is 6.47. The second-order valence-electron chi connectivity index (χ2n) is 6.47. The van der Waals surface area contributed by atoms with Crippen LogP contribution in [0.25, 0.3) is 0 Å². The summed E-state index contributed by atoms with van der Waals surface area (Å²) in [4.78, 5) is 13.8. The van der Waals surface area contributed by atoms with Crippen LogP contribution in [0.2, 0.25) is 0 Å². The summed E-state index contributed by atoms with van der Waals surface area (Å²) in [7, 11) is 0. The van der Waals surface area contributed by atoms with E-state index in [0.29, 0.717) is 25.6 Å². The molecule has 0 aromatic carbocycles. The van der Waals surface area contributed by atoms with E-state index in [1.807, 2.05) is 9.47 Å². The standard InChI is InChI=1S/C17H28N2O4/c1-13-4-2-3-5-15(13)19-12-17(23)16(22)10-14(19)11-18(6-8-20)7-9-21/h10,12-13,15,20-21,23H,2-9,11H2,1H3. The number of aromatic hydroxyl groups is 1. The van der Waals surface area contributed by atoms with Gasteiger partial charge in [0.25, 0.3) is 0 Å². The third-order valence-electron chi connectivity index (χ3n) is 4.78. The van der Waals surface area contributed by atoms with Gasteiger partial charge in [-0.15, -0.1) is 0 Å². The van der Waals surface area contributed by atoms with Crippen molar-refractivity contribution in [1.29, 1.82) is 0 Å². The molecule has 1 aromatic heterocycles. The molecule has 1 fully saturated rings. The van der Waals surface area contributed by atoms with E-state index in [1.165, 1.54) is 12.5 Å². The Morgan fingerprint density at radius 2 is 1.87 bits per heavy atom. The summed E-state index contributed by atoms with van der Waals surface area (Å²) >= 11 is 0. The Balaban J connectivity index is 2.32. The van der Waals surface area contributed by atoms with Crippen LogP contribution in [0.1, 0.15) is 44.3 Å². The molecular formula is C17H28N2O4. The molecule has 6 nitrogen and oxygen atoms in total. The molecule has 1 saturated carbocycles. The maximum Gasteiger partial charge on any atom is 0.223 e. The summed E-state index contributed by atoms with van der Waals surface area (Å²) in [6.07, 6.45) is 6.11. The molecular weight excluding hydrogens is 296 g/mol. The third kappa shape index (κ3) is 4.56. The van der Waals surface area contributed by atoms with Crippen molar-refractivity contribution in [3.05, 3.63) is 28.2 Å². The van der Waals surface area contributed by atoms with Crippen molar-refractivity contribution >= 4 is 0 Å². The molecule has 0 spiro atoms. The van der Waals surface area contributed by atoms with E-state index in [4.69, 9.17) is 10.2 Å². The lowest BCUT2D eigenvalue weighted by Gasteiger charge is -2.34. The van der Waals surface area contributed by atoms with E-state index in [0.717, 1.165) is 25.0 Å². The topological polar surface area (TPSA) is 85.9 Å². The Morgan fingerprint density at radius 3 is 2.48 bits per heavy atom. The summed E-state index contributed by atoms with van der Waals surface area (Å²) in [6, 6.07) is 1.76. The Morgan fingerprint density at radius 1 is 1.22 bits per heavy atom. The Labute approximate surface area is 137 Å². The number of aromatic nitrogens is 1. The highest BCUT2D eigenvalue weighted by atomic mass is 16.3. The molecule has 2 unspecified atom stereocenters. The first-order valence-electron chi connectivity index (χ1n) is 8.45. The number of hydrogen-bond donors (Lipinski definition) is 3. The first-order valence-corrected chi connectivity index (χ1v) is 8.45. The van der Waals surface area contributed by atoms with Crippen LogP contribution in [0.4, 0.5) is 0 Å². The summed E-state index contributed by atoms with van der Waals surface area (Å²) in [5.74, 6) is 0.274. The van der Waals surface area contributed by atoms with Crippen LogP contribution < -0.4 is 5.43 Å². The zero-order valence-electron chi connectivity index (χ0n) is 13.8. The fourth-order valence-corrected chi connectivity index (χ4v) is 3.51. The van der Waals surface area contributed by atoms with Crippen molar-refractivity contribution < 1.29 is 15.3 Å². The maximum absolute atomic E-state index is 11.9. The van der Waals surface area contributed by atoms with Gasteiger partial charge in [0, 0.05) is 37.4 Å². The summed E-state index contributed by atoms with van der Waals surface area (Å²) in [5.41, 5.74) is 0.445. The molecule has 0 aliphatic heterocycles. The number of pyridine rings is 1. The Hall–Kier alpha value is -1.37. The molecule has 0 saturated heterocycles. The van der Waals surface area contributed by atoms with Gasteiger partial charge in [0.2, 0.25) is 5.43 Å². The molecule has 2 atom stereocenters. The SMILES string of the molecule is CC1CCCCC1n1cc(O)c(=O)cc1CN(CCO)CCO. The molecule has 0 amide bonds. The lowest BCUT2D eigenvalue weighted by atomic mass is 9.85. The first kappa shape index (κ1) is 18.0. The molecule has 2 rings (SSSR count). The normalized spacial score (nSPS) is 21.7. The maximum atomic E-state index is 11.9. The largest absolute Gasteiger partial charge is 0.503 e. The lowest BCUT2D eigenvalue weighted by molar-refractivity contribution is 0.150. The zero-order chi connectivity index (χ0) is 16.8. The monoisotopic (exact) mass is 324 g/mol. The van der Waals surface area contributed by atoms with Gasteiger partial charge in [0.1, 0.15) is 0 Å². The minimum Gasteiger partial charge on any atom is -0.503 e. The summed E-state index contributed by atoms with van der Waals surface area (Å²) in [5, 5.41) is 28.2. The predicted molar refractivity (Wildman–Crippen MR) is 88.5 cm³/mol. The highest BCUT2D eigenvalue weighted by molar-refractivity contribution is 5.21. The van der Waals surface area contributed by atoms with E-state index in [2.05, 4.69) is 6.92 Å². The average Bonchev–Trinajstić information content (AvgIpc) is 2.52. The number of nitrogens with zero attached hydrogens (tertiary/aromatic N) is 2. The Bertz CT molecular complexity index is 552. The average molecular weight is 324 g/mol. The van der Waals surface area contributed by atoms with E-state index in [-0.39, 0.29) is 30.4 Å². The van der Waals surface area contributed by atoms with Gasteiger partial charge in [-0.25, -0.2) is 0 Å². The molecule has 1 aliphatic rings. The highest BCUT2D eigenvalue weighted by Crippen LogP contribution is 2.34. The van der Waals surface area contributed by atoms with Crippen molar-refractivity contribution in [2.75, 3.05) is 26.3 Å². The van der Waals surface area contributed by atoms with Crippen LogP contribution in [0.5, 0.6) is 5.75 Å². The number of hydrogen-bond acceptors (Lipinski definition) is 5. The van der Waals surface area contributed by atoms with Crippen LogP contribution in [0.3, 0.4) is 0 Å². The molecule has 3 N–H and O–H groups in total. The quantitative estimate of drug-likeness (QED) is 0.699.